The number of carbonyl (C=O) groups excluding carboxylic acids is 1. The fourth-order valence-electron chi connectivity index (χ4n) is 2.81. The summed E-state index contributed by atoms with van der Waals surface area (Å²) in [4.78, 5) is 12.4. The fourth-order valence-corrected chi connectivity index (χ4v) is 2.81. The molecule has 0 bridgehead atoms. The molecular weight excluding hydrogens is 264 g/mol. The highest BCUT2D eigenvalue weighted by atomic mass is 16.5. The number of hydrogen-bond acceptors (Lipinski definition) is 3. The van der Waals surface area contributed by atoms with Crippen molar-refractivity contribution in [2.45, 2.75) is 50.5 Å². The van der Waals surface area contributed by atoms with Gasteiger partial charge in [-0.3, -0.25) is 4.79 Å². The van der Waals surface area contributed by atoms with Crippen LogP contribution in [0.15, 0.2) is 24.3 Å². The van der Waals surface area contributed by atoms with Gasteiger partial charge in [-0.15, -0.1) is 0 Å². The van der Waals surface area contributed by atoms with Crippen molar-refractivity contribution in [2.24, 2.45) is 0 Å². The lowest BCUT2D eigenvalue weighted by Crippen LogP contribution is -2.47. The summed E-state index contributed by atoms with van der Waals surface area (Å²) in [6.45, 7) is 0. The molecule has 112 valence electrons. The van der Waals surface area contributed by atoms with E-state index in [1.165, 1.54) is 6.42 Å². The van der Waals surface area contributed by atoms with E-state index in [0.29, 0.717) is 11.3 Å². The molecule has 1 aromatic rings. The molecule has 0 radical (unpaired) electrons. The van der Waals surface area contributed by atoms with Crippen LogP contribution in [-0.4, -0.2) is 18.6 Å². The molecule has 0 aliphatic heterocycles. The first-order chi connectivity index (χ1) is 10.2. The predicted octanol–water partition coefficient (Wildman–Crippen LogP) is 3.43. The summed E-state index contributed by atoms with van der Waals surface area (Å²) in [5, 5.41) is 12.5. The quantitative estimate of drug-likeness (QED) is 0.926. The minimum Gasteiger partial charge on any atom is -0.497 e. The van der Waals surface area contributed by atoms with Gasteiger partial charge in [0.2, 0.25) is 0 Å². The maximum absolute atomic E-state index is 12.4. The van der Waals surface area contributed by atoms with Crippen LogP contribution in [0.25, 0.3) is 0 Å². The summed E-state index contributed by atoms with van der Waals surface area (Å²) in [5.41, 5.74) is -0.148. The number of rotatable bonds is 3. The Hall–Kier alpha value is -2.02. The van der Waals surface area contributed by atoms with E-state index in [1.54, 1.807) is 31.4 Å². The van der Waals surface area contributed by atoms with Gasteiger partial charge in [0.15, 0.2) is 0 Å². The number of nitrogens with one attached hydrogen (secondary N) is 1. The Morgan fingerprint density at radius 1 is 1.14 bits per heavy atom. The molecule has 21 heavy (non-hydrogen) atoms. The van der Waals surface area contributed by atoms with Crippen molar-refractivity contribution >= 4 is 5.91 Å². The topological polar surface area (TPSA) is 62.1 Å². The third-order valence-corrected chi connectivity index (χ3v) is 4.13. The van der Waals surface area contributed by atoms with Gasteiger partial charge >= 0.3 is 0 Å². The van der Waals surface area contributed by atoms with Crippen molar-refractivity contribution in [1.82, 2.24) is 5.32 Å². The second-order valence-corrected chi connectivity index (χ2v) is 5.64. The molecule has 1 aliphatic carbocycles. The maximum atomic E-state index is 12.4. The van der Waals surface area contributed by atoms with Crippen LogP contribution in [0.1, 0.15) is 55.3 Å². The molecule has 1 fully saturated rings. The number of methoxy groups -OCH3 is 1. The van der Waals surface area contributed by atoms with Crippen molar-refractivity contribution in [2.75, 3.05) is 7.11 Å². The van der Waals surface area contributed by atoms with Gasteiger partial charge in [-0.1, -0.05) is 32.1 Å². The van der Waals surface area contributed by atoms with Crippen LogP contribution < -0.4 is 10.1 Å². The number of carbonyl (C=O) groups is 1. The van der Waals surface area contributed by atoms with Gasteiger partial charge in [-0.25, -0.2) is 0 Å². The zero-order chi connectivity index (χ0) is 15.1. The van der Waals surface area contributed by atoms with Crippen LogP contribution in [-0.2, 0) is 0 Å². The summed E-state index contributed by atoms with van der Waals surface area (Å²) < 4.78 is 5.09. The molecule has 0 spiro atoms. The molecule has 1 N–H and O–H groups in total. The number of ether oxygens (including phenoxy) is 1. The highest BCUT2D eigenvalue weighted by Gasteiger charge is 2.32. The molecule has 4 heteroatoms. The van der Waals surface area contributed by atoms with Crippen LogP contribution in [0.4, 0.5) is 0 Å². The minimum atomic E-state index is -0.711. The lowest BCUT2D eigenvalue weighted by Gasteiger charge is -2.29. The first-order valence-electron chi connectivity index (χ1n) is 7.57. The molecule has 0 heterocycles. The molecule has 1 saturated carbocycles. The summed E-state index contributed by atoms with van der Waals surface area (Å²) in [6, 6.07) is 9.31. The number of nitriles is 1. The van der Waals surface area contributed by atoms with Gasteiger partial charge in [-0.2, -0.15) is 5.26 Å². The Labute approximate surface area is 126 Å². The van der Waals surface area contributed by atoms with Crippen LogP contribution in [0.3, 0.4) is 0 Å². The molecule has 0 unspecified atom stereocenters. The van der Waals surface area contributed by atoms with Crippen LogP contribution >= 0.6 is 0 Å². The molecule has 0 aromatic heterocycles. The fraction of sp³-hybridized carbons (Fsp3) is 0.529. The number of hydrogen-bond donors (Lipinski definition) is 1. The van der Waals surface area contributed by atoms with E-state index in [4.69, 9.17) is 4.74 Å². The Balaban J connectivity index is 2.08. The van der Waals surface area contributed by atoms with Crippen molar-refractivity contribution in [3.8, 4) is 11.8 Å². The normalized spacial score (nSPS) is 17.9. The molecule has 1 aromatic carbocycles. The van der Waals surface area contributed by atoms with Gasteiger partial charge in [0.1, 0.15) is 11.3 Å². The lowest BCUT2D eigenvalue weighted by atomic mass is 9.85. The number of amides is 1. The molecule has 2 rings (SSSR count). The van der Waals surface area contributed by atoms with E-state index in [-0.39, 0.29) is 5.91 Å². The number of benzene rings is 1. The average molecular weight is 286 g/mol. The average Bonchev–Trinajstić information content (AvgIpc) is 2.50. The predicted molar refractivity (Wildman–Crippen MR) is 81.1 cm³/mol. The van der Waals surface area contributed by atoms with Crippen LogP contribution in [0, 0.1) is 11.3 Å². The van der Waals surface area contributed by atoms with E-state index in [2.05, 4.69) is 11.4 Å². The Kier molecular flexibility index (Phi) is 5.21. The lowest BCUT2D eigenvalue weighted by molar-refractivity contribution is 0.0907. The van der Waals surface area contributed by atoms with Crippen molar-refractivity contribution in [1.29, 1.82) is 5.26 Å². The molecule has 0 saturated heterocycles. The van der Waals surface area contributed by atoms with E-state index in [9.17, 15) is 10.1 Å². The van der Waals surface area contributed by atoms with E-state index >= 15 is 0 Å². The highest BCUT2D eigenvalue weighted by molar-refractivity contribution is 5.95. The molecule has 1 aliphatic rings. The maximum Gasteiger partial charge on any atom is 0.252 e. The zero-order valence-corrected chi connectivity index (χ0v) is 12.5. The van der Waals surface area contributed by atoms with Gasteiger partial charge in [0.05, 0.1) is 13.2 Å². The summed E-state index contributed by atoms with van der Waals surface area (Å²) >= 11 is 0. The summed E-state index contributed by atoms with van der Waals surface area (Å²) in [6.07, 6.45) is 6.99. The largest absolute Gasteiger partial charge is 0.497 e. The standard InChI is InChI=1S/C17H22N2O2/c1-21-15-9-7-14(8-10-15)16(20)19-17(13-18)11-5-3-2-4-6-12-17/h7-10H,2-6,11-12H2,1H3,(H,19,20). The Morgan fingerprint density at radius 3 is 2.24 bits per heavy atom. The van der Waals surface area contributed by atoms with E-state index in [0.717, 1.165) is 38.5 Å². The molecular formula is C17H22N2O2. The van der Waals surface area contributed by atoms with Gasteiger partial charge < -0.3 is 10.1 Å². The van der Waals surface area contributed by atoms with Crippen LogP contribution in [0.5, 0.6) is 5.75 Å². The third kappa shape index (κ3) is 3.98. The van der Waals surface area contributed by atoms with Gasteiger partial charge in [0.25, 0.3) is 5.91 Å². The highest BCUT2D eigenvalue weighted by Crippen LogP contribution is 2.26. The third-order valence-electron chi connectivity index (χ3n) is 4.13. The van der Waals surface area contributed by atoms with E-state index in [1.807, 2.05) is 0 Å². The summed E-state index contributed by atoms with van der Waals surface area (Å²) in [7, 11) is 1.59. The Morgan fingerprint density at radius 2 is 1.71 bits per heavy atom. The first-order valence-corrected chi connectivity index (χ1v) is 7.57. The second kappa shape index (κ2) is 7.12. The van der Waals surface area contributed by atoms with Gasteiger partial charge in [-0.05, 0) is 37.1 Å². The first kappa shape index (κ1) is 15.4. The monoisotopic (exact) mass is 286 g/mol. The van der Waals surface area contributed by atoms with Crippen molar-refractivity contribution in [3.63, 3.8) is 0 Å². The molecule has 4 nitrogen and oxygen atoms in total. The van der Waals surface area contributed by atoms with E-state index < -0.39 is 5.54 Å². The second-order valence-electron chi connectivity index (χ2n) is 5.64. The summed E-state index contributed by atoms with van der Waals surface area (Å²) in [5.74, 6) is 0.535. The van der Waals surface area contributed by atoms with Crippen molar-refractivity contribution in [3.05, 3.63) is 29.8 Å². The minimum absolute atomic E-state index is 0.181. The zero-order valence-electron chi connectivity index (χ0n) is 12.5. The molecule has 0 atom stereocenters. The van der Waals surface area contributed by atoms with Crippen molar-refractivity contribution < 1.29 is 9.53 Å². The van der Waals surface area contributed by atoms with Gasteiger partial charge in [0, 0.05) is 5.56 Å². The Bertz CT molecular complexity index is 509. The smallest absolute Gasteiger partial charge is 0.252 e. The van der Waals surface area contributed by atoms with Crippen LogP contribution in [0.2, 0.25) is 0 Å². The SMILES string of the molecule is COc1ccc(C(=O)NC2(C#N)CCCCCCC2)cc1. The molecule has 1 amide bonds. The number of nitrogens with zero attached hydrogens (tertiary/aromatic N) is 1.